The summed E-state index contributed by atoms with van der Waals surface area (Å²) in [4.78, 5) is 62.7. The van der Waals surface area contributed by atoms with Crippen LogP contribution < -0.4 is 14.2 Å². The average molecular weight is 766 g/mol. The Morgan fingerprint density at radius 2 is 1.78 bits per heavy atom. The van der Waals surface area contributed by atoms with E-state index in [9.17, 15) is 27.6 Å². The molecule has 12 nitrogen and oxygen atoms in total. The maximum atomic E-state index is 14.8. The van der Waals surface area contributed by atoms with E-state index in [-0.39, 0.29) is 55.3 Å². The van der Waals surface area contributed by atoms with Crippen LogP contribution in [0.2, 0.25) is 0 Å². The number of carbonyl (C=O) groups excluding carboxylic acids is 4. The molecule has 2 aliphatic carbocycles. The molecule has 13 heteroatoms. The van der Waals surface area contributed by atoms with Crippen molar-refractivity contribution in [2.45, 2.75) is 122 Å². The van der Waals surface area contributed by atoms with Gasteiger partial charge < -0.3 is 19.1 Å². The Labute approximate surface area is 318 Å². The van der Waals surface area contributed by atoms with Gasteiger partial charge in [0.15, 0.2) is 5.78 Å². The molecule has 1 unspecified atom stereocenters. The minimum absolute atomic E-state index is 0.0585. The van der Waals surface area contributed by atoms with Crippen LogP contribution in [-0.2, 0) is 33.9 Å². The van der Waals surface area contributed by atoms with Gasteiger partial charge in [0, 0.05) is 23.6 Å². The maximum Gasteiger partial charge on any atom is 0.307 e. The molecule has 0 spiro atoms. The number of methoxy groups -OCH3 is 1. The Hall–Kier alpha value is -4.00. The summed E-state index contributed by atoms with van der Waals surface area (Å²) in [6, 6.07) is 6.54. The summed E-state index contributed by atoms with van der Waals surface area (Å²) in [5.74, 6) is -2.02. The van der Waals surface area contributed by atoms with E-state index in [4.69, 9.17) is 14.2 Å². The number of aromatic nitrogens is 1. The first-order valence-corrected chi connectivity index (χ1v) is 20.9. The van der Waals surface area contributed by atoms with Crippen LogP contribution in [0.4, 0.5) is 0 Å². The number of Topliss-reactive ketones (excluding diaryl/α,β-unsaturated/α-hetero) is 1. The molecule has 2 aliphatic heterocycles. The number of hydrogen-bond acceptors (Lipinski definition) is 10. The maximum absolute atomic E-state index is 14.8. The zero-order valence-corrected chi connectivity index (χ0v) is 33.2. The number of amides is 2. The summed E-state index contributed by atoms with van der Waals surface area (Å²) >= 11 is 0. The Balaban J connectivity index is 1.35. The zero-order chi connectivity index (χ0) is 39.0. The first-order chi connectivity index (χ1) is 25.5. The molecule has 3 heterocycles. The van der Waals surface area contributed by atoms with E-state index in [1.807, 2.05) is 43.3 Å². The van der Waals surface area contributed by atoms with Crippen LogP contribution in [0.15, 0.2) is 42.6 Å². The minimum Gasteiger partial charge on any atom is -0.494 e. The predicted octanol–water partition coefficient (Wildman–Crippen LogP) is 5.92. The van der Waals surface area contributed by atoms with Crippen molar-refractivity contribution in [2.75, 3.05) is 13.7 Å². The van der Waals surface area contributed by atoms with Crippen molar-refractivity contribution in [1.29, 1.82) is 0 Å². The molecule has 294 valence electrons. The normalized spacial score (nSPS) is 30.2. The number of nitrogens with one attached hydrogen (secondary N) is 1. The van der Waals surface area contributed by atoms with E-state index in [0.29, 0.717) is 42.7 Å². The second-order valence-electron chi connectivity index (χ2n) is 17.0. The van der Waals surface area contributed by atoms with Gasteiger partial charge in [0.2, 0.25) is 27.7 Å². The van der Waals surface area contributed by atoms with E-state index < -0.39 is 56.2 Å². The highest BCUT2D eigenvalue weighted by Gasteiger charge is 2.61. The van der Waals surface area contributed by atoms with Gasteiger partial charge >= 0.3 is 5.97 Å². The van der Waals surface area contributed by atoms with Gasteiger partial charge in [0.1, 0.15) is 17.5 Å². The predicted molar refractivity (Wildman–Crippen MR) is 203 cm³/mol. The SMILES string of the molecule is COc1cnc(O[C@@H]2C[C@H]3C(=O)C[C@]4(C(=O)NS(=O)(=O)C5CCC5)C[C@H]4/C=C\CCC(C)C[C@@H](C)[C@H](CC(=O)OC(C)(C)C)C(=O)N3C2)c2ccccc12. The highest BCUT2D eigenvalue weighted by atomic mass is 32.2. The highest BCUT2D eigenvalue weighted by molar-refractivity contribution is 7.90. The topological polar surface area (TPSA) is 158 Å². The quantitative estimate of drug-likeness (QED) is 0.253. The van der Waals surface area contributed by atoms with Crippen LogP contribution in [0.1, 0.15) is 98.8 Å². The summed E-state index contributed by atoms with van der Waals surface area (Å²) in [5, 5.41) is 0.890. The highest BCUT2D eigenvalue weighted by Crippen LogP contribution is 2.57. The Morgan fingerprint density at radius 3 is 2.44 bits per heavy atom. The van der Waals surface area contributed by atoms with Crippen molar-refractivity contribution in [3.63, 3.8) is 0 Å². The summed E-state index contributed by atoms with van der Waals surface area (Å²) in [5.41, 5.74) is -2.00. The number of sulfonamides is 1. The van der Waals surface area contributed by atoms with Gasteiger partial charge in [-0.1, -0.05) is 50.6 Å². The molecule has 2 amide bonds. The number of rotatable bonds is 8. The fourth-order valence-corrected chi connectivity index (χ4v) is 9.99. The molecule has 0 bridgehead atoms. The van der Waals surface area contributed by atoms with E-state index in [1.54, 1.807) is 34.1 Å². The fraction of sp³-hybridized carbons (Fsp3) is 0.634. The van der Waals surface area contributed by atoms with Crippen LogP contribution in [0, 0.1) is 29.1 Å². The summed E-state index contributed by atoms with van der Waals surface area (Å²) in [6.45, 7) is 9.50. The number of pyridine rings is 1. The van der Waals surface area contributed by atoms with Crippen molar-refractivity contribution >= 4 is 44.4 Å². The first kappa shape index (κ1) is 39.7. The lowest BCUT2D eigenvalue weighted by molar-refractivity contribution is -0.160. The number of ether oxygens (including phenoxy) is 3. The van der Waals surface area contributed by atoms with Crippen LogP contribution in [0.25, 0.3) is 10.8 Å². The van der Waals surface area contributed by atoms with Crippen LogP contribution >= 0.6 is 0 Å². The van der Waals surface area contributed by atoms with Crippen molar-refractivity contribution in [2.24, 2.45) is 29.1 Å². The number of allylic oxidation sites excluding steroid dienone is 2. The van der Waals surface area contributed by atoms with Crippen molar-refractivity contribution in [1.82, 2.24) is 14.6 Å². The fourth-order valence-electron chi connectivity index (χ4n) is 8.41. The van der Waals surface area contributed by atoms with E-state index in [1.165, 1.54) is 4.90 Å². The number of carbonyl (C=O) groups is 4. The van der Waals surface area contributed by atoms with Gasteiger partial charge in [-0.05, 0) is 83.1 Å². The smallest absolute Gasteiger partial charge is 0.307 e. The second-order valence-corrected chi connectivity index (χ2v) is 19.0. The summed E-state index contributed by atoms with van der Waals surface area (Å²) < 4.78 is 46.3. The van der Waals surface area contributed by atoms with Crippen molar-refractivity contribution in [3.8, 4) is 11.6 Å². The molecule has 7 atom stereocenters. The van der Waals surface area contributed by atoms with E-state index in [2.05, 4.69) is 16.6 Å². The van der Waals surface area contributed by atoms with Crippen LogP contribution in [0.5, 0.6) is 11.6 Å². The standard InChI is InChI=1S/C41H55N3O9S/c1-25-12-7-8-13-27-21-41(27,39(48)43-54(49,50)29-14-11-15-29)22-34(45)33-19-28(52-37-31-17-10-9-16-30(31)35(51-6)23-42-37)24-44(33)38(47)32(26(2)18-25)20-36(46)53-40(3,4)5/h8-10,13,16-17,23,25-29,32-33H,7,11-12,14-15,18-22,24H2,1-6H3,(H,43,48)/b13-8-/t25?,26-,27-,28-,32+,33+,41-/m1/s1. The second kappa shape index (κ2) is 15.6. The summed E-state index contributed by atoms with van der Waals surface area (Å²) in [7, 11) is -2.32. The van der Waals surface area contributed by atoms with Crippen molar-refractivity contribution in [3.05, 3.63) is 42.6 Å². The van der Waals surface area contributed by atoms with Crippen molar-refractivity contribution < 1.29 is 41.8 Å². The number of fused-ring (bicyclic) bond motifs is 3. The lowest BCUT2D eigenvalue weighted by atomic mass is 9.82. The Bertz CT molecular complexity index is 1900. The molecular formula is C41H55N3O9S. The number of nitrogens with zero attached hydrogens (tertiary/aromatic N) is 2. The first-order valence-electron chi connectivity index (χ1n) is 19.4. The summed E-state index contributed by atoms with van der Waals surface area (Å²) in [6.07, 6.45) is 9.00. The Kier molecular flexibility index (Phi) is 11.5. The molecule has 1 saturated heterocycles. The van der Waals surface area contributed by atoms with Gasteiger partial charge in [-0.3, -0.25) is 23.9 Å². The lowest BCUT2D eigenvalue weighted by Crippen LogP contribution is -2.48. The van der Waals surface area contributed by atoms with Gasteiger partial charge in [-0.15, -0.1) is 0 Å². The molecular weight excluding hydrogens is 711 g/mol. The third-order valence-corrected chi connectivity index (χ3v) is 13.5. The van der Waals surface area contributed by atoms with Gasteiger partial charge in [0.05, 0.1) is 48.9 Å². The van der Waals surface area contributed by atoms with Crippen LogP contribution in [0.3, 0.4) is 0 Å². The minimum atomic E-state index is -3.88. The largest absolute Gasteiger partial charge is 0.494 e. The molecule has 1 aromatic carbocycles. The van der Waals surface area contributed by atoms with Gasteiger partial charge in [-0.2, -0.15) is 0 Å². The van der Waals surface area contributed by atoms with E-state index in [0.717, 1.165) is 24.6 Å². The average Bonchev–Trinajstić information content (AvgIpc) is 3.60. The monoisotopic (exact) mass is 765 g/mol. The Morgan fingerprint density at radius 1 is 1.06 bits per heavy atom. The molecule has 1 N–H and O–H groups in total. The third kappa shape index (κ3) is 8.61. The number of esters is 1. The molecule has 2 aromatic rings. The molecule has 1 aromatic heterocycles. The molecule has 0 radical (unpaired) electrons. The molecule has 3 fully saturated rings. The van der Waals surface area contributed by atoms with Gasteiger partial charge in [0.25, 0.3) is 0 Å². The van der Waals surface area contributed by atoms with Gasteiger partial charge in [-0.25, -0.2) is 13.4 Å². The van der Waals surface area contributed by atoms with E-state index >= 15 is 0 Å². The zero-order valence-electron chi connectivity index (χ0n) is 32.3. The number of hydrogen-bond donors (Lipinski definition) is 1. The molecule has 6 rings (SSSR count). The molecule has 2 saturated carbocycles. The molecule has 54 heavy (non-hydrogen) atoms. The lowest BCUT2D eigenvalue weighted by Gasteiger charge is -2.32. The number of ketones is 1. The number of benzene rings is 1. The molecule has 4 aliphatic rings. The van der Waals surface area contributed by atoms with Crippen LogP contribution in [-0.4, -0.2) is 78.5 Å². The third-order valence-electron chi connectivity index (χ3n) is 11.7.